The van der Waals surface area contributed by atoms with Gasteiger partial charge >= 0.3 is 0 Å². The normalized spacial score (nSPS) is 34.3. The monoisotopic (exact) mass is 472 g/mol. The molecule has 35 heavy (non-hydrogen) atoms. The fourth-order valence-corrected chi connectivity index (χ4v) is 6.50. The van der Waals surface area contributed by atoms with Gasteiger partial charge in [-0.2, -0.15) is 0 Å². The maximum Gasteiger partial charge on any atom is 0.262 e. The number of Topliss-reactive ketones (excluding diaryl/α,β-unsaturated/α-hetero) is 1. The summed E-state index contributed by atoms with van der Waals surface area (Å²) in [5.74, 6) is -2.56. The lowest BCUT2D eigenvalue weighted by Crippen LogP contribution is -2.61. The van der Waals surface area contributed by atoms with Gasteiger partial charge in [-0.05, 0) is 39.0 Å². The van der Waals surface area contributed by atoms with E-state index in [1.807, 2.05) is 24.3 Å². The number of ketones is 1. The fourth-order valence-electron chi connectivity index (χ4n) is 6.50. The van der Waals surface area contributed by atoms with Gasteiger partial charge in [0.15, 0.2) is 5.82 Å². The zero-order chi connectivity index (χ0) is 24.5. The van der Waals surface area contributed by atoms with Gasteiger partial charge in [0.05, 0.1) is 34.1 Å². The minimum absolute atomic E-state index is 0.0148. The number of aliphatic hydroxyl groups is 1. The highest BCUT2D eigenvalue weighted by atomic mass is 16.7. The first-order chi connectivity index (χ1) is 16.6. The Labute approximate surface area is 200 Å². The summed E-state index contributed by atoms with van der Waals surface area (Å²) in [7, 11) is 0. The Morgan fingerprint density at radius 1 is 1.09 bits per heavy atom. The predicted octanol–water partition coefficient (Wildman–Crippen LogP) is 1.83. The topological polar surface area (TPSA) is 114 Å². The number of nitrogens with zero attached hydrogens (tertiary/aromatic N) is 3. The number of hydrogen-bond donors (Lipinski definition) is 2. The fraction of sp³-hybridized carbons (Fsp3) is 0.385. The Kier molecular flexibility index (Phi) is 3.73. The molecule has 4 aliphatic rings. The summed E-state index contributed by atoms with van der Waals surface area (Å²) in [6, 6.07) is 13.0. The number of benzene rings is 2. The first-order valence-corrected chi connectivity index (χ1v) is 11.8. The smallest absolute Gasteiger partial charge is 0.262 e. The van der Waals surface area contributed by atoms with Crippen LogP contribution in [0.4, 0.5) is 5.69 Å². The zero-order valence-electron chi connectivity index (χ0n) is 19.5. The first-order valence-electron chi connectivity index (χ1n) is 11.8. The van der Waals surface area contributed by atoms with Crippen LogP contribution in [0.2, 0.25) is 0 Å². The highest BCUT2D eigenvalue weighted by molar-refractivity contribution is 6.03. The number of fused-ring (bicyclic) bond motifs is 9. The van der Waals surface area contributed by atoms with Crippen molar-refractivity contribution >= 4 is 28.3 Å². The van der Waals surface area contributed by atoms with Crippen molar-refractivity contribution in [2.75, 3.05) is 4.90 Å². The molecule has 0 bridgehead atoms. The number of nitrogens with one attached hydrogen (secondary N) is 1. The third-order valence-corrected chi connectivity index (χ3v) is 8.41. The van der Waals surface area contributed by atoms with Crippen LogP contribution >= 0.6 is 0 Å². The molecule has 1 aromatic heterocycles. The SMILES string of the molecule is C[C@@H]1N[C@@H]2N(C1=O)c1ccccc1[C@@]21C[C@H]2n3c(nc4ccccc4c3=O)C(=O)C(C)(C)[C@@]2(O)O1. The maximum atomic E-state index is 13.7. The molecule has 1 amide bonds. The van der Waals surface area contributed by atoms with E-state index in [2.05, 4.69) is 10.3 Å². The van der Waals surface area contributed by atoms with Gasteiger partial charge in [0.2, 0.25) is 17.5 Å². The van der Waals surface area contributed by atoms with E-state index in [0.717, 1.165) is 5.56 Å². The first kappa shape index (κ1) is 20.9. The summed E-state index contributed by atoms with van der Waals surface area (Å²) < 4.78 is 7.95. The molecule has 5 atom stereocenters. The van der Waals surface area contributed by atoms with E-state index in [4.69, 9.17) is 4.74 Å². The van der Waals surface area contributed by atoms with Crippen molar-refractivity contribution in [3.05, 3.63) is 70.3 Å². The van der Waals surface area contributed by atoms with Crippen molar-refractivity contribution in [3.63, 3.8) is 0 Å². The Hall–Kier alpha value is -3.40. The van der Waals surface area contributed by atoms with E-state index in [9.17, 15) is 19.5 Å². The van der Waals surface area contributed by atoms with E-state index in [1.54, 1.807) is 49.9 Å². The van der Waals surface area contributed by atoms with Gasteiger partial charge in [0.25, 0.3) is 5.56 Å². The predicted molar refractivity (Wildman–Crippen MR) is 126 cm³/mol. The van der Waals surface area contributed by atoms with Crippen molar-refractivity contribution in [2.45, 2.75) is 56.8 Å². The van der Waals surface area contributed by atoms with Crippen LogP contribution in [-0.4, -0.2) is 44.3 Å². The van der Waals surface area contributed by atoms with Crippen LogP contribution in [0.25, 0.3) is 10.9 Å². The molecule has 4 aliphatic heterocycles. The van der Waals surface area contributed by atoms with Crippen LogP contribution in [0, 0.1) is 5.41 Å². The summed E-state index contributed by atoms with van der Waals surface area (Å²) in [6.07, 6.45) is -0.409. The zero-order valence-corrected chi connectivity index (χ0v) is 19.5. The lowest BCUT2D eigenvalue weighted by Gasteiger charge is -2.46. The number of amides is 1. The third kappa shape index (κ3) is 2.20. The highest BCUT2D eigenvalue weighted by Gasteiger charge is 2.73. The molecule has 3 aromatic rings. The molecule has 2 aromatic carbocycles. The van der Waals surface area contributed by atoms with Crippen molar-refractivity contribution in [1.82, 2.24) is 14.9 Å². The van der Waals surface area contributed by atoms with Crippen LogP contribution in [-0.2, 0) is 15.1 Å². The second kappa shape index (κ2) is 6.23. The van der Waals surface area contributed by atoms with Crippen LogP contribution in [0.1, 0.15) is 49.4 Å². The maximum absolute atomic E-state index is 13.7. The van der Waals surface area contributed by atoms with Crippen LogP contribution in [0.15, 0.2) is 53.3 Å². The molecule has 9 heteroatoms. The number of anilines is 1. The summed E-state index contributed by atoms with van der Waals surface area (Å²) >= 11 is 0. The molecule has 0 unspecified atom stereocenters. The van der Waals surface area contributed by atoms with Gasteiger partial charge in [0, 0.05) is 12.0 Å². The lowest BCUT2D eigenvalue weighted by atomic mass is 9.72. The molecular formula is C26H24N4O5. The van der Waals surface area contributed by atoms with Gasteiger partial charge in [0.1, 0.15) is 11.8 Å². The molecule has 5 heterocycles. The van der Waals surface area contributed by atoms with Crippen LogP contribution in [0.3, 0.4) is 0 Å². The Balaban J connectivity index is 1.51. The van der Waals surface area contributed by atoms with Gasteiger partial charge < -0.3 is 9.84 Å². The number of hydrogen-bond acceptors (Lipinski definition) is 7. The number of para-hydroxylation sites is 2. The van der Waals surface area contributed by atoms with Crippen molar-refractivity contribution in [2.24, 2.45) is 5.41 Å². The molecule has 0 saturated carbocycles. The van der Waals surface area contributed by atoms with E-state index >= 15 is 0 Å². The second-order valence-electron chi connectivity index (χ2n) is 10.5. The minimum Gasteiger partial charge on any atom is -0.363 e. The standard InChI is InChI=1S/C26H24N4O5/c1-13-21(32)29-17-11-7-5-9-15(17)25(23(29)27-13)12-18-26(34,35-25)24(2,3)19(31)20-28-16-10-6-4-8-14(16)22(33)30(18)20/h4-11,13,18,23,27,34H,12H2,1-3H3/t13-,18+,23+,25-,26-/m0/s1. The molecule has 2 saturated heterocycles. The number of ether oxygens (including phenoxy) is 1. The number of carbonyl (C=O) groups is 2. The second-order valence-corrected chi connectivity index (χ2v) is 10.5. The molecule has 2 N–H and O–H groups in total. The van der Waals surface area contributed by atoms with E-state index < -0.39 is 46.4 Å². The van der Waals surface area contributed by atoms with Gasteiger partial charge in [-0.25, -0.2) is 4.98 Å². The average molecular weight is 473 g/mol. The summed E-state index contributed by atoms with van der Waals surface area (Å²) in [5.41, 5.74) is -1.09. The lowest BCUT2D eigenvalue weighted by molar-refractivity contribution is -0.285. The van der Waals surface area contributed by atoms with E-state index in [1.165, 1.54) is 4.57 Å². The molecule has 178 valence electrons. The number of aromatic nitrogens is 2. The molecule has 0 radical (unpaired) electrons. The van der Waals surface area contributed by atoms with Gasteiger partial charge in [-0.3, -0.25) is 29.2 Å². The largest absolute Gasteiger partial charge is 0.363 e. The number of rotatable bonds is 0. The van der Waals surface area contributed by atoms with Gasteiger partial charge in [-0.15, -0.1) is 0 Å². The van der Waals surface area contributed by atoms with E-state index in [-0.39, 0.29) is 18.2 Å². The summed E-state index contributed by atoms with van der Waals surface area (Å²) in [6.45, 7) is 5.04. The van der Waals surface area contributed by atoms with Crippen molar-refractivity contribution in [3.8, 4) is 0 Å². The molecular weight excluding hydrogens is 448 g/mol. The number of carbonyl (C=O) groups excluding carboxylic acids is 2. The Morgan fingerprint density at radius 2 is 1.80 bits per heavy atom. The highest BCUT2D eigenvalue weighted by Crippen LogP contribution is 2.63. The summed E-state index contributed by atoms with van der Waals surface area (Å²) in [4.78, 5) is 46.8. The molecule has 9 nitrogen and oxygen atoms in total. The van der Waals surface area contributed by atoms with Crippen LogP contribution in [0.5, 0.6) is 0 Å². The van der Waals surface area contributed by atoms with Crippen LogP contribution < -0.4 is 15.8 Å². The van der Waals surface area contributed by atoms with E-state index in [0.29, 0.717) is 16.6 Å². The third-order valence-electron chi connectivity index (χ3n) is 8.41. The molecule has 2 fully saturated rings. The molecule has 0 aliphatic carbocycles. The van der Waals surface area contributed by atoms with Crippen molar-refractivity contribution < 1.29 is 19.4 Å². The Bertz CT molecular complexity index is 1550. The Morgan fingerprint density at radius 3 is 2.60 bits per heavy atom. The average Bonchev–Trinajstić information content (AvgIpc) is 3.42. The minimum atomic E-state index is -2.01. The summed E-state index contributed by atoms with van der Waals surface area (Å²) in [5, 5.41) is 15.9. The molecule has 1 spiro atoms. The van der Waals surface area contributed by atoms with Gasteiger partial charge in [-0.1, -0.05) is 30.3 Å². The molecule has 7 rings (SSSR count). The quantitative estimate of drug-likeness (QED) is 0.513. The van der Waals surface area contributed by atoms with Crippen molar-refractivity contribution in [1.29, 1.82) is 0 Å².